The molecule has 0 aliphatic heterocycles. The van der Waals surface area contributed by atoms with Gasteiger partial charge in [0.1, 0.15) is 4.90 Å². The van der Waals surface area contributed by atoms with Crippen molar-refractivity contribution < 1.29 is 13.3 Å². The van der Waals surface area contributed by atoms with Crippen LogP contribution in [0.25, 0.3) is 0 Å². The van der Waals surface area contributed by atoms with E-state index in [1.54, 1.807) is 11.3 Å². The zero-order valence-electron chi connectivity index (χ0n) is 12.1. The summed E-state index contributed by atoms with van der Waals surface area (Å²) in [5, 5.41) is 16.1. The molecule has 0 aliphatic carbocycles. The zero-order valence-corrected chi connectivity index (χ0v) is 13.8. The molecule has 1 atom stereocenters. The van der Waals surface area contributed by atoms with E-state index >= 15 is 0 Å². The Bertz CT molecular complexity index is 770. The van der Waals surface area contributed by atoms with E-state index in [0.717, 1.165) is 6.26 Å². The highest BCUT2D eigenvalue weighted by Crippen LogP contribution is 2.28. The molecule has 0 radical (unpaired) electrons. The van der Waals surface area contributed by atoms with Gasteiger partial charge in [-0.15, -0.1) is 11.3 Å². The topological polar surface area (TPSA) is 89.3 Å². The predicted molar refractivity (Wildman–Crippen MR) is 87.4 cm³/mol. The lowest BCUT2D eigenvalue weighted by molar-refractivity contribution is -0.387. The average Bonchev–Trinajstić information content (AvgIpc) is 2.97. The smallest absolute Gasteiger partial charge is 0.288 e. The Kier molecular flexibility index (Phi) is 4.82. The van der Waals surface area contributed by atoms with Gasteiger partial charge in [0, 0.05) is 35.3 Å². The number of nitrogens with zero attached hydrogens (tertiary/aromatic N) is 1. The van der Waals surface area contributed by atoms with Crippen molar-refractivity contribution in [3.8, 4) is 0 Å². The second kappa shape index (κ2) is 6.45. The van der Waals surface area contributed by atoms with Crippen LogP contribution in [-0.4, -0.2) is 26.1 Å². The first-order valence-corrected chi connectivity index (χ1v) is 9.32. The first kappa shape index (κ1) is 16.4. The lowest BCUT2D eigenvalue weighted by Gasteiger charge is -2.13. The van der Waals surface area contributed by atoms with Crippen molar-refractivity contribution in [3.05, 3.63) is 50.7 Å². The molecule has 6 nitrogen and oxygen atoms in total. The second-order valence-electron chi connectivity index (χ2n) is 5.01. The highest BCUT2D eigenvalue weighted by atomic mass is 32.2. The van der Waals surface area contributed by atoms with Gasteiger partial charge >= 0.3 is 0 Å². The summed E-state index contributed by atoms with van der Waals surface area (Å²) >= 11 is 1.65. The summed E-state index contributed by atoms with van der Waals surface area (Å²) in [5.41, 5.74) is 0.147. The minimum Gasteiger partial charge on any atom is -0.384 e. The maximum atomic E-state index is 11.7. The van der Waals surface area contributed by atoms with Gasteiger partial charge in [-0.2, -0.15) is 0 Å². The lowest BCUT2D eigenvalue weighted by Crippen LogP contribution is -2.10. The number of hydrogen-bond acceptors (Lipinski definition) is 6. The molecule has 118 valence electrons. The van der Waals surface area contributed by atoms with Crippen molar-refractivity contribution in [1.29, 1.82) is 0 Å². The molecule has 22 heavy (non-hydrogen) atoms. The summed E-state index contributed by atoms with van der Waals surface area (Å²) in [5.74, 6) is 0.261. The van der Waals surface area contributed by atoms with Crippen molar-refractivity contribution in [3.63, 3.8) is 0 Å². The number of hydrogen-bond donors (Lipinski definition) is 1. The van der Waals surface area contributed by atoms with E-state index < -0.39 is 20.4 Å². The van der Waals surface area contributed by atoms with Gasteiger partial charge in [0.15, 0.2) is 9.84 Å². The maximum absolute atomic E-state index is 11.7. The SMILES string of the molecule is CC(CNc1ccc([N+](=O)[O-])c(S(C)(=O)=O)c1)c1cccs1. The minimum absolute atomic E-state index is 0.261. The molecule has 0 spiro atoms. The van der Waals surface area contributed by atoms with Gasteiger partial charge in [-0.1, -0.05) is 13.0 Å². The number of thiophene rings is 1. The van der Waals surface area contributed by atoms with Crippen LogP contribution in [0.4, 0.5) is 11.4 Å². The normalized spacial score (nSPS) is 12.8. The fraction of sp³-hybridized carbons (Fsp3) is 0.286. The van der Waals surface area contributed by atoms with Crippen molar-refractivity contribution in [2.45, 2.75) is 17.7 Å². The standard InChI is InChI=1S/C14H16N2O4S2/c1-10(13-4-3-7-21-13)9-15-11-5-6-12(16(17)18)14(8-11)22(2,19)20/h3-8,10,15H,9H2,1-2H3. The van der Waals surface area contributed by atoms with Gasteiger partial charge in [-0.3, -0.25) is 10.1 Å². The number of rotatable bonds is 6. The zero-order chi connectivity index (χ0) is 16.3. The Balaban J connectivity index is 2.21. The van der Waals surface area contributed by atoms with Crippen molar-refractivity contribution in [2.75, 3.05) is 18.1 Å². The molecule has 8 heteroatoms. The van der Waals surface area contributed by atoms with E-state index in [1.165, 1.54) is 23.1 Å². The van der Waals surface area contributed by atoms with E-state index in [-0.39, 0.29) is 10.8 Å². The molecule has 1 N–H and O–H groups in total. The summed E-state index contributed by atoms with van der Waals surface area (Å²) in [6, 6.07) is 8.07. The number of nitrogens with one attached hydrogen (secondary N) is 1. The average molecular weight is 340 g/mol. The van der Waals surface area contributed by atoms with Crippen LogP contribution >= 0.6 is 11.3 Å². The fourth-order valence-corrected chi connectivity index (χ4v) is 3.67. The Morgan fingerprint density at radius 2 is 2.09 bits per heavy atom. The third-order valence-corrected chi connectivity index (χ3v) is 5.43. The number of nitro benzene ring substituents is 1. The molecule has 2 aromatic rings. The van der Waals surface area contributed by atoms with Crippen LogP contribution in [-0.2, 0) is 9.84 Å². The Morgan fingerprint density at radius 3 is 2.64 bits per heavy atom. The fourth-order valence-electron chi connectivity index (χ4n) is 2.02. The van der Waals surface area contributed by atoms with Crippen molar-refractivity contribution in [1.82, 2.24) is 0 Å². The predicted octanol–water partition coefficient (Wildman–Crippen LogP) is 3.28. The molecule has 0 amide bonds. The molecule has 0 saturated heterocycles. The lowest BCUT2D eigenvalue weighted by atomic mass is 10.1. The summed E-state index contributed by atoms with van der Waals surface area (Å²) < 4.78 is 23.4. The Hall–Kier alpha value is -1.93. The van der Waals surface area contributed by atoms with Crippen LogP contribution < -0.4 is 5.32 Å². The molecule has 2 rings (SSSR count). The number of benzene rings is 1. The summed E-state index contributed by atoms with van der Waals surface area (Å²) in [6.45, 7) is 2.67. The summed E-state index contributed by atoms with van der Waals surface area (Å²) in [4.78, 5) is 11.2. The van der Waals surface area contributed by atoms with Gasteiger partial charge in [-0.05, 0) is 23.6 Å². The Labute approximate surface area is 132 Å². The number of anilines is 1. The second-order valence-corrected chi connectivity index (χ2v) is 7.97. The molecule has 0 fully saturated rings. The van der Waals surface area contributed by atoms with E-state index in [4.69, 9.17) is 0 Å². The van der Waals surface area contributed by atoms with Crippen molar-refractivity contribution >= 4 is 32.5 Å². The van der Waals surface area contributed by atoms with Gasteiger partial charge in [0.2, 0.25) is 0 Å². The van der Waals surface area contributed by atoms with E-state index in [9.17, 15) is 18.5 Å². The van der Waals surface area contributed by atoms with Crippen LogP contribution in [0.5, 0.6) is 0 Å². The first-order valence-electron chi connectivity index (χ1n) is 6.55. The van der Waals surface area contributed by atoms with Gasteiger partial charge < -0.3 is 5.32 Å². The van der Waals surface area contributed by atoms with Crippen molar-refractivity contribution in [2.24, 2.45) is 0 Å². The quantitative estimate of drug-likeness (QED) is 0.644. The summed E-state index contributed by atoms with van der Waals surface area (Å²) in [7, 11) is -3.66. The third-order valence-electron chi connectivity index (χ3n) is 3.20. The molecule has 1 unspecified atom stereocenters. The molecule has 1 aromatic carbocycles. The maximum Gasteiger partial charge on any atom is 0.288 e. The van der Waals surface area contributed by atoms with Crippen LogP contribution in [0.1, 0.15) is 17.7 Å². The molecule has 1 heterocycles. The molecule has 0 aliphatic rings. The van der Waals surface area contributed by atoms with E-state index in [0.29, 0.717) is 12.2 Å². The molecule has 1 aromatic heterocycles. The molecule has 0 bridgehead atoms. The molecular weight excluding hydrogens is 324 g/mol. The number of sulfone groups is 1. The van der Waals surface area contributed by atoms with E-state index in [1.807, 2.05) is 17.5 Å². The van der Waals surface area contributed by atoms with Gasteiger partial charge in [0.05, 0.1) is 4.92 Å². The first-order chi connectivity index (χ1) is 10.3. The third kappa shape index (κ3) is 3.83. The van der Waals surface area contributed by atoms with Crippen LogP contribution in [0.15, 0.2) is 40.6 Å². The van der Waals surface area contributed by atoms with Crippen LogP contribution in [0.3, 0.4) is 0 Å². The summed E-state index contributed by atoms with van der Waals surface area (Å²) in [6.07, 6.45) is 0.966. The highest BCUT2D eigenvalue weighted by molar-refractivity contribution is 7.90. The van der Waals surface area contributed by atoms with Gasteiger partial charge in [-0.25, -0.2) is 8.42 Å². The van der Waals surface area contributed by atoms with Crippen LogP contribution in [0.2, 0.25) is 0 Å². The Morgan fingerprint density at radius 1 is 1.36 bits per heavy atom. The minimum atomic E-state index is -3.66. The molecule has 0 saturated carbocycles. The molecular formula is C14H16N2O4S2. The number of nitro groups is 1. The largest absolute Gasteiger partial charge is 0.384 e. The highest BCUT2D eigenvalue weighted by Gasteiger charge is 2.22. The van der Waals surface area contributed by atoms with Gasteiger partial charge in [0.25, 0.3) is 5.69 Å². The van der Waals surface area contributed by atoms with E-state index in [2.05, 4.69) is 12.2 Å². The van der Waals surface area contributed by atoms with Crippen LogP contribution in [0, 0.1) is 10.1 Å². The monoisotopic (exact) mass is 340 g/mol.